The van der Waals surface area contributed by atoms with E-state index in [4.69, 9.17) is 0 Å². The molecule has 4 nitrogen and oxygen atoms in total. The molecule has 1 heterocycles. The molecule has 0 amide bonds. The summed E-state index contributed by atoms with van der Waals surface area (Å²) in [6.45, 7) is 1.91. The van der Waals surface area contributed by atoms with Gasteiger partial charge in [-0.25, -0.2) is 12.8 Å². The average Bonchev–Trinajstić information content (AvgIpc) is 2.55. The highest BCUT2D eigenvalue weighted by molar-refractivity contribution is 7.92. The van der Waals surface area contributed by atoms with E-state index in [0.29, 0.717) is 29.8 Å². The summed E-state index contributed by atoms with van der Waals surface area (Å²) in [5.74, 6) is -0.610. The van der Waals surface area contributed by atoms with Crippen LogP contribution >= 0.6 is 0 Å². The minimum atomic E-state index is -3.57. The van der Waals surface area contributed by atoms with Crippen LogP contribution < -0.4 is 4.31 Å². The lowest BCUT2D eigenvalue weighted by molar-refractivity contribution is 0.101. The van der Waals surface area contributed by atoms with Crippen molar-refractivity contribution in [3.8, 4) is 0 Å². The van der Waals surface area contributed by atoms with Crippen LogP contribution in [-0.2, 0) is 22.2 Å². The van der Waals surface area contributed by atoms with E-state index in [-0.39, 0.29) is 11.5 Å². The predicted octanol–water partition coefficient (Wildman–Crippen LogP) is 3.31. The minimum Gasteiger partial charge on any atom is -0.295 e. The quantitative estimate of drug-likeness (QED) is 0.798. The number of Topliss-reactive ketones (excluding diaryl/α,β-unsaturated/α-hetero) is 1. The monoisotopic (exact) mass is 347 g/mol. The van der Waals surface area contributed by atoms with Crippen molar-refractivity contribution in [2.75, 3.05) is 10.8 Å². The first-order valence-electron chi connectivity index (χ1n) is 7.75. The molecule has 0 radical (unpaired) electrons. The highest BCUT2D eigenvalue weighted by Gasteiger charge is 2.28. The van der Waals surface area contributed by atoms with E-state index < -0.39 is 15.8 Å². The fraction of sp³-hybridized carbons (Fsp3) is 0.278. The Morgan fingerprint density at radius 1 is 1.17 bits per heavy atom. The van der Waals surface area contributed by atoms with Gasteiger partial charge >= 0.3 is 0 Å². The minimum absolute atomic E-state index is 0.0379. The summed E-state index contributed by atoms with van der Waals surface area (Å²) in [6.07, 6.45) is 1.45. The van der Waals surface area contributed by atoms with Crippen LogP contribution in [-0.4, -0.2) is 20.7 Å². The Hall–Kier alpha value is -2.21. The molecule has 2 aromatic rings. The SMILES string of the molecule is CC(=O)c1ccc2c(c1)CCCN2S(=O)(=O)Cc1ccc(F)cc1. The fourth-order valence-corrected chi connectivity index (χ4v) is 4.59. The van der Waals surface area contributed by atoms with E-state index in [2.05, 4.69) is 0 Å². The topological polar surface area (TPSA) is 54.5 Å². The molecule has 0 aliphatic carbocycles. The van der Waals surface area contributed by atoms with Crippen molar-refractivity contribution >= 4 is 21.5 Å². The van der Waals surface area contributed by atoms with Crippen LogP contribution in [0.1, 0.15) is 34.8 Å². The summed E-state index contributed by atoms with van der Waals surface area (Å²) in [7, 11) is -3.57. The average molecular weight is 347 g/mol. The number of carbonyl (C=O) groups excluding carboxylic acids is 1. The van der Waals surface area contributed by atoms with Crippen molar-refractivity contribution in [2.24, 2.45) is 0 Å². The Bertz CT molecular complexity index is 876. The first-order valence-corrected chi connectivity index (χ1v) is 9.36. The molecule has 0 unspecified atom stereocenters. The number of ketones is 1. The van der Waals surface area contributed by atoms with Gasteiger partial charge < -0.3 is 0 Å². The summed E-state index contributed by atoms with van der Waals surface area (Å²) in [5.41, 5.74) is 2.64. The maximum atomic E-state index is 13.0. The van der Waals surface area contributed by atoms with Gasteiger partial charge in [-0.3, -0.25) is 9.10 Å². The number of halogens is 1. The second kappa shape index (κ2) is 6.36. The number of sulfonamides is 1. The largest absolute Gasteiger partial charge is 0.295 e. The first kappa shape index (κ1) is 16.6. The van der Waals surface area contributed by atoms with Gasteiger partial charge in [-0.05, 0) is 61.2 Å². The molecule has 3 rings (SSSR count). The zero-order chi connectivity index (χ0) is 17.3. The van der Waals surface area contributed by atoms with Crippen molar-refractivity contribution < 1.29 is 17.6 Å². The van der Waals surface area contributed by atoms with Crippen LogP contribution in [0.5, 0.6) is 0 Å². The van der Waals surface area contributed by atoms with Crippen LogP contribution in [0.2, 0.25) is 0 Å². The van der Waals surface area contributed by atoms with Gasteiger partial charge in [-0.15, -0.1) is 0 Å². The Kier molecular flexibility index (Phi) is 4.41. The smallest absolute Gasteiger partial charge is 0.239 e. The summed E-state index contributed by atoms with van der Waals surface area (Å²) in [4.78, 5) is 11.5. The number of hydrogen-bond donors (Lipinski definition) is 0. The van der Waals surface area contributed by atoms with Gasteiger partial charge in [-0.1, -0.05) is 12.1 Å². The van der Waals surface area contributed by atoms with Crippen LogP contribution in [0.25, 0.3) is 0 Å². The van der Waals surface area contributed by atoms with Crippen molar-refractivity contribution in [1.82, 2.24) is 0 Å². The molecular weight excluding hydrogens is 329 g/mol. The molecule has 0 aromatic heterocycles. The number of aryl methyl sites for hydroxylation is 1. The molecule has 0 fully saturated rings. The summed E-state index contributed by atoms with van der Waals surface area (Å²) in [6, 6.07) is 10.6. The summed E-state index contributed by atoms with van der Waals surface area (Å²) in [5, 5.41) is 0. The molecule has 6 heteroatoms. The number of benzene rings is 2. The van der Waals surface area contributed by atoms with Gasteiger partial charge in [0.05, 0.1) is 11.4 Å². The maximum Gasteiger partial charge on any atom is 0.239 e. The lowest BCUT2D eigenvalue weighted by atomic mass is 9.99. The normalized spacial score (nSPS) is 14.3. The Labute approximate surface area is 141 Å². The molecule has 1 aliphatic heterocycles. The van der Waals surface area contributed by atoms with Crippen LogP contribution in [0.15, 0.2) is 42.5 Å². The summed E-state index contributed by atoms with van der Waals surface area (Å²) >= 11 is 0. The van der Waals surface area contributed by atoms with Crippen LogP contribution in [0.3, 0.4) is 0 Å². The van der Waals surface area contributed by atoms with E-state index in [1.54, 1.807) is 18.2 Å². The van der Waals surface area contributed by atoms with E-state index in [9.17, 15) is 17.6 Å². The lowest BCUT2D eigenvalue weighted by Crippen LogP contribution is -2.36. The fourth-order valence-electron chi connectivity index (χ4n) is 2.94. The van der Waals surface area contributed by atoms with Gasteiger partial charge in [0.15, 0.2) is 5.78 Å². The molecule has 0 saturated heterocycles. The molecule has 0 bridgehead atoms. The van der Waals surface area contributed by atoms with E-state index >= 15 is 0 Å². The van der Waals surface area contributed by atoms with Gasteiger partial charge in [0.1, 0.15) is 5.82 Å². The standard InChI is InChI=1S/C18H18FNO3S/c1-13(21)15-6-9-18-16(11-15)3-2-10-20(18)24(22,23)12-14-4-7-17(19)8-5-14/h4-9,11H,2-3,10,12H2,1H3. The maximum absolute atomic E-state index is 13.0. The van der Waals surface area contributed by atoms with E-state index in [1.165, 1.54) is 35.5 Å². The first-order chi connectivity index (χ1) is 11.4. The number of hydrogen-bond acceptors (Lipinski definition) is 3. The number of fused-ring (bicyclic) bond motifs is 1. The highest BCUT2D eigenvalue weighted by atomic mass is 32.2. The molecule has 1 aliphatic rings. The zero-order valence-corrected chi connectivity index (χ0v) is 14.1. The zero-order valence-electron chi connectivity index (χ0n) is 13.3. The molecule has 0 N–H and O–H groups in total. The lowest BCUT2D eigenvalue weighted by Gasteiger charge is -2.30. The molecule has 24 heavy (non-hydrogen) atoms. The third kappa shape index (κ3) is 3.33. The number of anilines is 1. The molecule has 0 atom stereocenters. The van der Waals surface area contributed by atoms with Gasteiger partial charge in [0, 0.05) is 12.1 Å². The molecule has 0 saturated carbocycles. The van der Waals surface area contributed by atoms with Crippen LogP contribution in [0, 0.1) is 5.82 Å². The molecule has 126 valence electrons. The number of nitrogens with zero attached hydrogens (tertiary/aromatic N) is 1. The Balaban J connectivity index is 1.92. The highest BCUT2D eigenvalue weighted by Crippen LogP contribution is 2.31. The Morgan fingerprint density at radius 3 is 2.54 bits per heavy atom. The predicted molar refractivity (Wildman–Crippen MR) is 91.1 cm³/mol. The van der Waals surface area contributed by atoms with Crippen molar-refractivity contribution in [2.45, 2.75) is 25.5 Å². The summed E-state index contributed by atoms with van der Waals surface area (Å²) < 4.78 is 40.0. The number of carbonyl (C=O) groups is 1. The van der Waals surface area contributed by atoms with Crippen molar-refractivity contribution in [3.05, 3.63) is 65.0 Å². The molecule has 2 aromatic carbocycles. The molecular formula is C18H18FNO3S. The van der Waals surface area contributed by atoms with E-state index in [0.717, 1.165) is 12.0 Å². The second-order valence-corrected chi connectivity index (χ2v) is 7.85. The van der Waals surface area contributed by atoms with Gasteiger partial charge in [-0.2, -0.15) is 0 Å². The van der Waals surface area contributed by atoms with Crippen molar-refractivity contribution in [3.63, 3.8) is 0 Å². The van der Waals surface area contributed by atoms with E-state index in [1.807, 2.05) is 0 Å². The second-order valence-electron chi connectivity index (χ2n) is 5.96. The van der Waals surface area contributed by atoms with Gasteiger partial charge in [0.2, 0.25) is 10.0 Å². The number of rotatable bonds is 4. The third-order valence-corrected chi connectivity index (χ3v) is 5.91. The third-order valence-electron chi connectivity index (χ3n) is 4.16. The van der Waals surface area contributed by atoms with Crippen molar-refractivity contribution in [1.29, 1.82) is 0 Å². The van der Waals surface area contributed by atoms with Crippen LogP contribution in [0.4, 0.5) is 10.1 Å². The van der Waals surface area contributed by atoms with Gasteiger partial charge in [0.25, 0.3) is 0 Å². The molecule has 0 spiro atoms. The Morgan fingerprint density at radius 2 is 1.88 bits per heavy atom.